The van der Waals surface area contributed by atoms with Crippen LogP contribution in [0.25, 0.3) is 0 Å². The largest absolute Gasteiger partial charge is 0.361 e. The van der Waals surface area contributed by atoms with Crippen LogP contribution in [-0.4, -0.2) is 19.2 Å². The summed E-state index contributed by atoms with van der Waals surface area (Å²) in [5, 5.41) is 2.83. The maximum absolute atomic E-state index is 11.6. The third kappa shape index (κ3) is 1.10. The molecule has 2 rings (SSSR count). The van der Waals surface area contributed by atoms with Crippen LogP contribution in [0, 0.1) is 11.3 Å². The molecule has 1 N–H and O–H groups in total. The average Bonchev–Trinajstić information content (AvgIpc) is 2.93. The third-order valence-electron chi connectivity index (χ3n) is 3.36. The summed E-state index contributed by atoms with van der Waals surface area (Å²) in [4.78, 5) is 11.6. The van der Waals surface area contributed by atoms with Crippen molar-refractivity contribution in [3.05, 3.63) is 0 Å². The molecule has 2 atom stereocenters. The second-order valence-corrected chi connectivity index (χ2v) is 4.15. The van der Waals surface area contributed by atoms with Crippen LogP contribution in [0.15, 0.2) is 0 Å². The quantitative estimate of drug-likeness (QED) is 0.667. The van der Waals surface area contributed by atoms with E-state index in [1.54, 1.807) is 7.11 Å². The van der Waals surface area contributed by atoms with E-state index in [0.29, 0.717) is 5.92 Å². The van der Waals surface area contributed by atoms with Crippen molar-refractivity contribution in [2.24, 2.45) is 11.3 Å². The number of ether oxygens (including phenoxy) is 1. The molecule has 1 unspecified atom stereocenters. The molecule has 0 radical (unpaired) electrons. The normalized spacial score (nSPS) is 38.3. The molecule has 1 saturated carbocycles. The summed E-state index contributed by atoms with van der Waals surface area (Å²) in [6.07, 6.45) is 4.42. The minimum Gasteiger partial charge on any atom is -0.361 e. The number of rotatable bonds is 4. The van der Waals surface area contributed by atoms with Crippen LogP contribution in [0.4, 0.5) is 0 Å². The number of nitrogens with one attached hydrogen (secondary N) is 1. The van der Waals surface area contributed by atoms with E-state index < -0.39 is 0 Å². The van der Waals surface area contributed by atoms with Gasteiger partial charge in [-0.05, 0) is 25.2 Å². The number of methoxy groups -OCH3 is 1. The lowest BCUT2D eigenvalue weighted by Crippen LogP contribution is -2.68. The Morgan fingerprint density at radius 1 is 1.62 bits per heavy atom. The molecule has 0 aromatic rings. The van der Waals surface area contributed by atoms with Gasteiger partial charge in [0.25, 0.3) is 0 Å². The molecule has 0 aromatic carbocycles. The van der Waals surface area contributed by atoms with Crippen molar-refractivity contribution < 1.29 is 9.53 Å². The van der Waals surface area contributed by atoms with Crippen LogP contribution in [0.5, 0.6) is 0 Å². The van der Waals surface area contributed by atoms with E-state index in [0.717, 1.165) is 12.8 Å². The number of amides is 1. The van der Waals surface area contributed by atoms with Gasteiger partial charge in [-0.25, -0.2) is 0 Å². The lowest BCUT2D eigenvalue weighted by molar-refractivity contribution is -0.175. The summed E-state index contributed by atoms with van der Waals surface area (Å²) in [5.74, 6) is 0.801. The smallest absolute Gasteiger partial charge is 0.233 e. The Balaban J connectivity index is 2.14. The first kappa shape index (κ1) is 9.00. The number of hydrogen-bond donors (Lipinski definition) is 1. The van der Waals surface area contributed by atoms with Crippen molar-refractivity contribution in [2.75, 3.05) is 7.11 Å². The standard InChI is InChI=1S/C10H17NO2/c1-3-6-10(7-4-5-7)8(12)11-9(10)13-2/h7,9H,3-6H2,1-2H3,(H,11,12)/t9-,10?/m1/s1. The fourth-order valence-corrected chi connectivity index (χ4v) is 2.55. The molecule has 2 aliphatic rings. The van der Waals surface area contributed by atoms with Crippen LogP contribution in [-0.2, 0) is 9.53 Å². The minimum atomic E-state index is -0.163. The molecule has 1 heterocycles. The number of β-lactam (4-membered cyclic amide) rings is 1. The third-order valence-corrected chi connectivity index (χ3v) is 3.36. The van der Waals surface area contributed by atoms with Gasteiger partial charge in [0.2, 0.25) is 5.91 Å². The van der Waals surface area contributed by atoms with Crippen molar-refractivity contribution >= 4 is 5.91 Å². The van der Waals surface area contributed by atoms with E-state index in [9.17, 15) is 4.79 Å². The lowest BCUT2D eigenvalue weighted by atomic mass is 9.70. The lowest BCUT2D eigenvalue weighted by Gasteiger charge is -2.48. The highest BCUT2D eigenvalue weighted by atomic mass is 16.5. The molecule has 3 nitrogen and oxygen atoms in total. The fraction of sp³-hybridized carbons (Fsp3) is 0.900. The summed E-state index contributed by atoms with van der Waals surface area (Å²) in [5.41, 5.74) is -0.163. The summed E-state index contributed by atoms with van der Waals surface area (Å²) >= 11 is 0. The zero-order valence-electron chi connectivity index (χ0n) is 8.30. The first-order valence-electron chi connectivity index (χ1n) is 5.09. The van der Waals surface area contributed by atoms with E-state index in [4.69, 9.17) is 4.74 Å². The summed E-state index contributed by atoms with van der Waals surface area (Å²) in [7, 11) is 1.68. The van der Waals surface area contributed by atoms with Gasteiger partial charge in [0.15, 0.2) is 0 Å². The zero-order valence-corrected chi connectivity index (χ0v) is 8.30. The van der Waals surface area contributed by atoms with Crippen LogP contribution in [0.1, 0.15) is 32.6 Å². The molecule has 74 valence electrons. The van der Waals surface area contributed by atoms with Crippen LogP contribution in [0.3, 0.4) is 0 Å². The maximum Gasteiger partial charge on any atom is 0.233 e. The van der Waals surface area contributed by atoms with Crippen molar-refractivity contribution in [3.8, 4) is 0 Å². The van der Waals surface area contributed by atoms with Crippen molar-refractivity contribution in [2.45, 2.75) is 38.8 Å². The van der Waals surface area contributed by atoms with Crippen LogP contribution < -0.4 is 5.32 Å². The van der Waals surface area contributed by atoms with Gasteiger partial charge in [-0.2, -0.15) is 0 Å². The average molecular weight is 183 g/mol. The van der Waals surface area contributed by atoms with Crippen LogP contribution >= 0.6 is 0 Å². The SMILES string of the molecule is CCCC1(C2CC2)C(=O)N[C@@H]1OC. The summed E-state index contributed by atoms with van der Waals surface area (Å²) < 4.78 is 5.29. The summed E-state index contributed by atoms with van der Waals surface area (Å²) in [6.45, 7) is 2.13. The molecule has 0 aromatic heterocycles. The molecule has 2 fully saturated rings. The van der Waals surface area contributed by atoms with E-state index >= 15 is 0 Å². The monoisotopic (exact) mass is 183 g/mol. The van der Waals surface area contributed by atoms with Gasteiger partial charge < -0.3 is 10.1 Å². The number of carbonyl (C=O) groups excluding carboxylic acids is 1. The van der Waals surface area contributed by atoms with Crippen molar-refractivity contribution in [1.82, 2.24) is 5.32 Å². The Bertz CT molecular complexity index is 225. The Hall–Kier alpha value is -0.570. The highest BCUT2D eigenvalue weighted by Gasteiger charge is 2.62. The first-order chi connectivity index (χ1) is 6.25. The first-order valence-corrected chi connectivity index (χ1v) is 5.09. The van der Waals surface area contributed by atoms with E-state index in [1.165, 1.54) is 12.8 Å². The van der Waals surface area contributed by atoms with Gasteiger partial charge in [0.1, 0.15) is 6.23 Å². The molecular formula is C10H17NO2. The molecule has 13 heavy (non-hydrogen) atoms. The minimum absolute atomic E-state index is 0.0209. The zero-order chi connectivity index (χ0) is 9.47. The number of hydrogen-bond acceptors (Lipinski definition) is 2. The van der Waals surface area contributed by atoms with Gasteiger partial charge in [0.05, 0.1) is 5.41 Å². The number of carbonyl (C=O) groups is 1. The van der Waals surface area contributed by atoms with Crippen LogP contribution in [0.2, 0.25) is 0 Å². The molecule has 0 spiro atoms. The molecule has 3 heteroatoms. The Morgan fingerprint density at radius 3 is 2.69 bits per heavy atom. The van der Waals surface area contributed by atoms with Gasteiger partial charge in [-0.3, -0.25) is 4.79 Å². The van der Waals surface area contributed by atoms with E-state index in [2.05, 4.69) is 12.2 Å². The molecule has 1 aliphatic heterocycles. The molecule has 0 bridgehead atoms. The Labute approximate surface area is 78.8 Å². The Morgan fingerprint density at radius 2 is 2.31 bits per heavy atom. The Kier molecular flexibility index (Phi) is 2.06. The fourth-order valence-electron chi connectivity index (χ4n) is 2.55. The molecule has 1 aliphatic carbocycles. The molecule has 1 amide bonds. The predicted octanol–water partition coefficient (Wildman–Crippen LogP) is 1.29. The molecular weight excluding hydrogens is 166 g/mol. The van der Waals surface area contributed by atoms with Gasteiger partial charge >= 0.3 is 0 Å². The summed E-state index contributed by atoms with van der Waals surface area (Å²) in [6, 6.07) is 0. The maximum atomic E-state index is 11.6. The van der Waals surface area contributed by atoms with Crippen molar-refractivity contribution in [1.29, 1.82) is 0 Å². The topological polar surface area (TPSA) is 38.3 Å². The van der Waals surface area contributed by atoms with Crippen molar-refractivity contribution in [3.63, 3.8) is 0 Å². The highest BCUT2D eigenvalue weighted by Crippen LogP contribution is 2.54. The van der Waals surface area contributed by atoms with Gasteiger partial charge in [-0.1, -0.05) is 13.3 Å². The van der Waals surface area contributed by atoms with E-state index in [-0.39, 0.29) is 17.6 Å². The van der Waals surface area contributed by atoms with Gasteiger partial charge in [-0.15, -0.1) is 0 Å². The van der Waals surface area contributed by atoms with Gasteiger partial charge in [0, 0.05) is 7.11 Å². The van der Waals surface area contributed by atoms with E-state index in [1.807, 2.05) is 0 Å². The second kappa shape index (κ2) is 2.98. The second-order valence-electron chi connectivity index (χ2n) is 4.15. The predicted molar refractivity (Wildman–Crippen MR) is 49.0 cm³/mol. The highest BCUT2D eigenvalue weighted by molar-refractivity contribution is 5.90. The molecule has 1 saturated heterocycles.